The monoisotopic (exact) mass is 341 g/mol. The topological polar surface area (TPSA) is 54.8 Å². The molecule has 2 heterocycles. The number of pyridine rings is 1. The molecule has 0 atom stereocenters. The lowest BCUT2D eigenvalue weighted by molar-refractivity contribution is 0.0745. The molecule has 1 fully saturated rings. The maximum Gasteiger partial charge on any atom is 0.255 e. The molecule has 0 bridgehead atoms. The van der Waals surface area contributed by atoms with Gasteiger partial charge in [-0.25, -0.2) is 0 Å². The molecule has 1 aromatic carbocycles. The van der Waals surface area contributed by atoms with E-state index in [-0.39, 0.29) is 11.5 Å². The second kappa shape index (κ2) is 7.42. The van der Waals surface area contributed by atoms with Crippen molar-refractivity contribution in [2.24, 2.45) is 7.05 Å². The predicted octanol–water partition coefficient (Wildman–Crippen LogP) is 1.75. The lowest BCUT2D eigenvalue weighted by atomic mass is 10.2. The van der Waals surface area contributed by atoms with Crippen LogP contribution in [0.2, 0.25) is 0 Å². The van der Waals surface area contributed by atoms with Crippen LogP contribution in [0.5, 0.6) is 5.75 Å². The van der Waals surface area contributed by atoms with Gasteiger partial charge in [-0.05, 0) is 25.1 Å². The first-order chi connectivity index (χ1) is 12.1. The average molecular weight is 341 g/mol. The van der Waals surface area contributed by atoms with Gasteiger partial charge in [0.05, 0.1) is 17.9 Å². The summed E-state index contributed by atoms with van der Waals surface area (Å²) in [5.41, 5.74) is 1.50. The summed E-state index contributed by atoms with van der Waals surface area (Å²) in [4.78, 5) is 28.2. The molecule has 0 aliphatic carbocycles. The first-order valence-electron chi connectivity index (χ1n) is 8.53. The van der Waals surface area contributed by atoms with E-state index >= 15 is 0 Å². The minimum atomic E-state index is -0.117. The first kappa shape index (κ1) is 17.1. The number of benzene rings is 1. The van der Waals surface area contributed by atoms with Crippen molar-refractivity contribution in [3.63, 3.8) is 0 Å². The Morgan fingerprint density at radius 1 is 1.08 bits per heavy atom. The molecule has 0 saturated carbocycles. The van der Waals surface area contributed by atoms with Crippen molar-refractivity contribution in [2.75, 3.05) is 37.7 Å². The molecule has 1 saturated heterocycles. The van der Waals surface area contributed by atoms with Gasteiger partial charge in [0, 0.05) is 45.5 Å². The highest BCUT2D eigenvalue weighted by Gasteiger charge is 2.24. The molecule has 0 spiro atoms. The van der Waals surface area contributed by atoms with E-state index in [2.05, 4.69) is 11.0 Å². The zero-order valence-corrected chi connectivity index (χ0v) is 14.6. The molecule has 1 aromatic heterocycles. The normalized spacial score (nSPS) is 14.5. The fourth-order valence-electron chi connectivity index (χ4n) is 3.05. The molecule has 1 amide bonds. The van der Waals surface area contributed by atoms with Gasteiger partial charge in [-0.2, -0.15) is 0 Å². The Labute approximate surface area is 147 Å². The maximum absolute atomic E-state index is 12.6. The van der Waals surface area contributed by atoms with Crippen molar-refractivity contribution in [3.05, 3.63) is 58.5 Å². The van der Waals surface area contributed by atoms with Crippen LogP contribution in [0.4, 0.5) is 5.69 Å². The van der Waals surface area contributed by atoms with Crippen molar-refractivity contribution >= 4 is 11.6 Å². The molecule has 3 rings (SSSR count). The maximum atomic E-state index is 12.6. The van der Waals surface area contributed by atoms with Gasteiger partial charge < -0.3 is 19.1 Å². The van der Waals surface area contributed by atoms with E-state index in [9.17, 15) is 9.59 Å². The van der Waals surface area contributed by atoms with E-state index in [4.69, 9.17) is 4.74 Å². The number of aromatic nitrogens is 1. The second-order valence-electron chi connectivity index (χ2n) is 6.05. The van der Waals surface area contributed by atoms with Crippen LogP contribution in [0.1, 0.15) is 17.3 Å². The Balaban J connectivity index is 1.68. The van der Waals surface area contributed by atoms with Crippen molar-refractivity contribution < 1.29 is 9.53 Å². The number of ether oxygens (including phenoxy) is 1. The third kappa shape index (κ3) is 3.68. The van der Waals surface area contributed by atoms with Gasteiger partial charge in [0.25, 0.3) is 5.91 Å². The number of anilines is 1. The smallest absolute Gasteiger partial charge is 0.255 e. The SMILES string of the molecule is CCOc1ccccc1N1CCN(C(=O)c2ccc(=O)n(C)c2)CC1. The second-order valence-corrected chi connectivity index (χ2v) is 6.05. The van der Waals surface area contributed by atoms with E-state index in [0.29, 0.717) is 25.3 Å². The van der Waals surface area contributed by atoms with Gasteiger partial charge in [0.2, 0.25) is 5.56 Å². The largest absolute Gasteiger partial charge is 0.492 e. The summed E-state index contributed by atoms with van der Waals surface area (Å²) in [6.45, 7) is 5.39. The van der Waals surface area contributed by atoms with E-state index in [1.54, 1.807) is 19.3 Å². The highest BCUT2D eigenvalue weighted by molar-refractivity contribution is 5.94. The Hall–Kier alpha value is -2.76. The Kier molecular flexibility index (Phi) is 5.07. The third-order valence-corrected chi connectivity index (χ3v) is 4.41. The van der Waals surface area contributed by atoms with Gasteiger partial charge in [-0.15, -0.1) is 0 Å². The van der Waals surface area contributed by atoms with E-state index in [0.717, 1.165) is 24.5 Å². The number of hydrogen-bond donors (Lipinski definition) is 0. The van der Waals surface area contributed by atoms with E-state index in [1.165, 1.54) is 10.6 Å². The first-order valence-corrected chi connectivity index (χ1v) is 8.53. The minimum absolute atomic E-state index is 0.0339. The van der Waals surface area contributed by atoms with Gasteiger partial charge in [0.15, 0.2) is 0 Å². The molecule has 1 aliphatic rings. The molecular formula is C19H23N3O3. The minimum Gasteiger partial charge on any atom is -0.492 e. The number of nitrogens with zero attached hydrogens (tertiary/aromatic N) is 3. The van der Waals surface area contributed by atoms with Crippen LogP contribution in [0, 0.1) is 0 Å². The van der Waals surface area contributed by atoms with E-state index in [1.807, 2.05) is 30.0 Å². The standard InChI is InChI=1S/C19H23N3O3/c1-3-25-17-7-5-4-6-16(17)21-10-12-22(13-11-21)19(24)15-8-9-18(23)20(2)14-15/h4-9,14H,3,10-13H2,1-2H3. The lowest BCUT2D eigenvalue weighted by Crippen LogP contribution is -2.49. The van der Waals surface area contributed by atoms with Gasteiger partial charge in [0.1, 0.15) is 5.75 Å². The number of amides is 1. The van der Waals surface area contributed by atoms with Crippen molar-refractivity contribution in [3.8, 4) is 5.75 Å². The average Bonchev–Trinajstić information content (AvgIpc) is 2.64. The molecule has 0 unspecified atom stereocenters. The van der Waals surface area contributed by atoms with Crippen LogP contribution >= 0.6 is 0 Å². The van der Waals surface area contributed by atoms with Crippen LogP contribution in [-0.4, -0.2) is 48.2 Å². The van der Waals surface area contributed by atoms with Crippen LogP contribution in [0.3, 0.4) is 0 Å². The summed E-state index contributed by atoms with van der Waals surface area (Å²) in [6.07, 6.45) is 1.60. The van der Waals surface area contributed by atoms with Crippen LogP contribution in [-0.2, 0) is 7.05 Å². The fourth-order valence-corrected chi connectivity index (χ4v) is 3.05. The number of carbonyl (C=O) groups is 1. The van der Waals surface area contributed by atoms with Crippen molar-refractivity contribution in [1.29, 1.82) is 0 Å². The highest BCUT2D eigenvalue weighted by Crippen LogP contribution is 2.28. The molecular weight excluding hydrogens is 318 g/mol. The predicted molar refractivity (Wildman–Crippen MR) is 97.4 cm³/mol. The van der Waals surface area contributed by atoms with Crippen molar-refractivity contribution in [2.45, 2.75) is 6.92 Å². The fraction of sp³-hybridized carbons (Fsp3) is 0.368. The number of aryl methyl sites for hydroxylation is 1. The molecule has 6 nitrogen and oxygen atoms in total. The summed E-state index contributed by atoms with van der Waals surface area (Å²) in [5, 5.41) is 0. The van der Waals surface area contributed by atoms with Crippen LogP contribution in [0.15, 0.2) is 47.4 Å². The lowest BCUT2D eigenvalue weighted by Gasteiger charge is -2.36. The number of carbonyl (C=O) groups excluding carboxylic acids is 1. The quantitative estimate of drug-likeness (QED) is 0.850. The van der Waals surface area contributed by atoms with Crippen LogP contribution < -0.4 is 15.2 Å². The summed E-state index contributed by atoms with van der Waals surface area (Å²) in [6, 6.07) is 11.0. The summed E-state index contributed by atoms with van der Waals surface area (Å²) in [7, 11) is 1.65. The van der Waals surface area contributed by atoms with Gasteiger partial charge >= 0.3 is 0 Å². The molecule has 25 heavy (non-hydrogen) atoms. The summed E-state index contributed by atoms with van der Waals surface area (Å²) >= 11 is 0. The zero-order valence-electron chi connectivity index (χ0n) is 14.6. The van der Waals surface area contributed by atoms with E-state index < -0.39 is 0 Å². The zero-order chi connectivity index (χ0) is 17.8. The Morgan fingerprint density at radius 2 is 1.80 bits per heavy atom. The highest BCUT2D eigenvalue weighted by atomic mass is 16.5. The number of rotatable bonds is 4. The third-order valence-electron chi connectivity index (χ3n) is 4.41. The van der Waals surface area contributed by atoms with Crippen molar-refractivity contribution in [1.82, 2.24) is 9.47 Å². The molecule has 0 N–H and O–H groups in total. The van der Waals surface area contributed by atoms with Gasteiger partial charge in [-0.1, -0.05) is 12.1 Å². The Morgan fingerprint density at radius 3 is 2.48 bits per heavy atom. The van der Waals surface area contributed by atoms with Crippen LogP contribution in [0.25, 0.3) is 0 Å². The molecule has 132 valence electrons. The number of para-hydroxylation sites is 2. The number of hydrogen-bond acceptors (Lipinski definition) is 4. The molecule has 0 radical (unpaired) electrons. The Bertz CT molecular complexity index is 808. The molecule has 2 aromatic rings. The molecule has 6 heteroatoms. The number of piperazine rings is 1. The summed E-state index contributed by atoms with van der Waals surface area (Å²) < 4.78 is 7.14. The summed E-state index contributed by atoms with van der Waals surface area (Å²) in [5.74, 6) is 0.844. The van der Waals surface area contributed by atoms with Gasteiger partial charge in [-0.3, -0.25) is 9.59 Å². The molecule has 1 aliphatic heterocycles.